The molecule has 118 valence electrons. The van der Waals surface area contributed by atoms with Crippen molar-refractivity contribution in [3.8, 4) is 0 Å². The van der Waals surface area contributed by atoms with E-state index in [1.807, 2.05) is 11.4 Å². The Balaban J connectivity index is 1.57. The Hall–Kier alpha value is -0.910. The Kier molecular flexibility index (Phi) is 6.67. The van der Waals surface area contributed by atoms with E-state index in [2.05, 4.69) is 17.3 Å². The first-order valence-corrected chi connectivity index (χ1v) is 8.83. The Bertz CT molecular complexity index is 440. The Labute approximate surface area is 131 Å². The number of hydrogen-bond acceptors (Lipinski definition) is 4. The molecule has 0 saturated heterocycles. The van der Waals surface area contributed by atoms with Gasteiger partial charge in [0, 0.05) is 22.8 Å². The van der Waals surface area contributed by atoms with E-state index in [0.29, 0.717) is 5.56 Å². The zero-order chi connectivity index (χ0) is 15.1. The van der Waals surface area contributed by atoms with Gasteiger partial charge in [-0.05, 0) is 45.5 Å². The quantitative estimate of drug-likeness (QED) is 0.726. The zero-order valence-electron chi connectivity index (χ0n) is 12.9. The normalized spacial score (nSPS) is 16.5. The van der Waals surface area contributed by atoms with Crippen LogP contribution < -0.4 is 11.1 Å². The smallest absolute Gasteiger partial charge is 0.249 e. The molecule has 0 atom stereocenters. The average molecular weight is 309 g/mol. The van der Waals surface area contributed by atoms with Gasteiger partial charge in [-0.15, -0.1) is 11.3 Å². The molecule has 1 amide bonds. The summed E-state index contributed by atoms with van der Waals surface area (Å²) in [5.41, 5.74) is 5.87. The molecule has 1 fully saturated rings. The molecule has 1 saturated carbocycles. The van der Waals surface area contributed by atoms with Gasteiger partial charge in [-0.1, -0.05) is 19.3 Å². The average Bonchev–Trinajstić information content (AvgIpc) is 2.97. The SMILES string of the molecule is CN(CCCNCc1cc(C(N)=O)cs1)C1CCCCC1. The maximum absolute atomic E-state index is 11.0. The van der Waals surface area contributed by atoms with Crippen LogP contribution in [-0.4, -0.2) is 37.0 Å². The summed E-state index contributed by atoms with van der Waals surface area (Å²) in [6.45, 7) is 3.00. The molecular formula is C16H27N3OS. The van der Waals surface area contributed by atoms with Crippen molar-refractivity contribution < 1.29 is 4.79 Å². The van der Waals surface area contributed by atoms with Crippen molar-refractivity contribution in [3.05, 3.63) is 21.9 Å². The Morgan fingerprint density at radius 1 is 1.43 bits per heavy atom. The van der Waals surface area contributed by atoms with Crippen molar-refractivity contribution >= 4 is 17.2 Å². The van der Waals surface area contributed by atoms with Crippen LogP contribution in [0.25, 0.3) is 0 Å². The lowest BCUT2D eigenvalue weighted by Crippen LogP contribution is -2.35. The molecule has 2 rings (SSSR count). The molecule has 5 heteroatoms. The molecule has 0 unspecified atom stereocenters. The molecule has 4 nitrogen and oxygen atoms in total. The number of rotatable bonds is 8. The second-order valence-corrected chi connectivity index (χ2v) is 6.96. The summed E-state index contributed by atoms with van der Waals surface area (Å²) < 4.78 is 0. The number of hydrogen-bond donors (Lipinski definition) is 2. The lowest BCUT2D eigenvalue weighted by atomic mass is 9.94. The van der Waals surface area contributed by atoms with E-state index < -0.39 is 0 Å². The van der Waals surface area contributed by atoms with E-state index in [0.717, 1.165) is 25.7 Å². The third-order valence-electron chi connectivity index (χ3n) is 4.30. The van der Waals surface area contributed by atoms with E-state index in [4.69, 9.17) is 5.73 Å². The van der Waals surface area contributed by atoms with Gasteiger partial charge in [-0.25, -0.2) is 0 Å². The first kappa shape index (κ1) is 16.5. The molecule has 0 bridgehead atoms. The van der Waals surface area contributed by atoms with Crippen LogP contribution in [0.4, 0.5) is 0 Å². The number of nitrogens with two attached hydrogens (primary N) is 1. The topological polar surface area (TPSA) is 58.4 Å². The van der Waals surface area contributed by atoms with Crippen LogP contribution in [0.2, 0.25) is 0 Å². The monoisotopic (exact) mass is 309 g/mol. The van der Waals surface area contributed by atoms with Crippen molar-refractivity contribution in [1.82, 2.24) is 10.2 Å². The molecule has 0 radical (unpaired) electrons. The Morgan fingerprint density at radius 2 is 2.19 bits per heavy atom. The molecule has 0 spiro atoms. The number of primary amides is 1. The van der Waals surface area contributed by atoms with Crippen molar-refractivity contribution in [2.45, 2.75) is 51.1 Å². The minimum atomic E-state index is -0.341. The van der Waals surface area contributed by atoms with Gasteiger partial charge in [0.25, 0.3) is 0 Å². The summed E-state index contributed by atoms with van der Waals surface area (Å²) in [5.74, 6) is -0.341. The maximum atomic E-state index is 11.0. The van der Waals surface area contributed by atoms with Gasteiger partial charge in [-0.3, -0.25) is 4.79 Å². The number of thiophene rings is 1. The number of nitrogens with zero attached hydrogens (tertiary/aromatic N) is 1. The maximum Gasteiger partial charge on any atom is 0.249 e. The summed E-state index contributed by atoms with van der Waals surface area (Å²) in [5, 5.41) is 5.27. The molecule has 3 N–H and O–H groups in total. The van der Waals surface area contributed by atoms with Crippen LogP contribution in [0.5, 0.6) is 0 Å². The van der Waals surface area contributed by atoms with Crippen LogP contribution in [-0.2, 0) is 6.54 Å². The van der Waals surface area contributed by atoms with Crippen LogP contribution in [0.1, 0.15) is 53.8 Å². The van der Waals surface area contributed by atoms with Gasteiger partial charge in [0.05, 0.1) is 5.56 Å². The van der Waals surface area contributed by atoms with E-state index in [1.165, 1.54) is 43.4 Å². The van der Waals surface area contributed by atoms with Crippen molar-refractivity contribution in [1.29, 1.82) is 0 Å². The van der Waals surface area contributed by atoms with E-state index in [-0.39, 0.29) is 5.91 Å². The van der Waals surface area contributed by atoms with Gasteiger partial charge in [0.1, 0.15) is 0 Å². The molecular weight excluding hydrogens is 282 g/mol. The molecule has 1 aliphatic carbocycles. The Morgan fingerprint density at radius 3 is 2.86 bits per heavy atom. The van der Waals surface area contributed by atoms with Gasteiger partial charge < -0.3 is 16.0 Å². The molecule has 1 heterocycles. The van der Waals surface area contributed by atoms with Gasteiger partial charge in [0.15, 0.2) is 0 Å². The highest BCUT2D eigenvalue weighted by Crippen LogP contribution is 2.21. The van der Waals surface area contributed by atoms with Gasteiger partial charge in [-0.2, -0.15) is 0 Å². The lowest BCUT2D eigenvalue weighted by Gasteiger charge is -2.31. The predicted octanol–water partition coefficient (Wildman–Crippen LogP) is 2.59. The first-order valence-electron chi connectivity index (χ1n) is 7.95. The van der Waals surface area contributed by atoms with Crippen LogP contribution in [0.3, 0.4) is 0 Å². The first-order chi connectivity index (χ1) is 10.2. The number of amides is 1. The van der Waals surface area contributed by atoms with Crippen molar-refractivity contribution in [3.63, 3.8) is 0 Å². The number of carbonyl (C=O) groups is 1. The highest BCUT2D eigenvalue weighted by Gasteiger charge is 2.17. The highest BCUT2D eigenvalue weighted by atomic mass is 32.1. The molecule has 1 aromatic heterocycles. The third kappa shape index (κ3) is 5.41. The minimum Gasteiger partial charge on any atom is -0.366 e. The summed E-state index contributed by atoms with van der Waals surface area (Å²) in [6, 6.07) is 2.68. The van der Waals surface area contributed by atoms with Crippen molar-refractivity contribution in [2.24, 2.45) is 5.73 Å². The summed E-state index contributed by atoms with van der Waals surface area (Å²) >= 11 is 1.59. The van der Waals surface area contributed by atoms with Crippen LogP contribution in [0, 0.1) is 0 Å². The molecule has 1 aromatic rings. The predicted molar refractivity (Wildman–Crippen MR) is 88.7 cm³/mol. The van der Waals surface area contributed by atoms with Crippen LogP contribution >= 0.6 is 11.3 Å². The standard InChI is InChI=1S/C16H27N3OS/c1-19(14-6-3-2-4-7-14)9-5-8-18-11-15-10-13(12-21-15)16(17)20/h10,12,14,18H,2-9,11H2,1H3,(H2,17,20). The van der Waals surface area contributed by atoms with E-state index in [9.17, 15) is 4.79 Å². The second kappa shape index (κ2) is 8.51. The number of nitrogens with one attached hydrogen (secondary N) is 1. The van der Waals surface area contributed by atoms with E-state index in [1.54, 1.807) is 11.3 Å². The summed E-state index contributed by atoms with van der Waals surface area (Å²) in [4.78, 5) is 14.7. The summed E-state index contributed by atoms with van der Waals surface area (Å²) in [7, 11) is 2.26. The van der Waals surface area contributed by atoms with Gasteiger partial charge in [0.2, 0.25) is 5.91 Å². The lowest BCUT2D eigenvalue weighted by molar-refractivity contribution is 0.100. The summed E-state index contributed by atoms with van der Waals surface area (Å²) in [6.07, 6.45) is 8.12. The van der Waals surface area contributed by atoms with Crippen LogP contribution in [0.15, 0.2) is 11.4 Å². The van der Waals surface area contributed by atoms with Gasteiger partial charge >= 0.3 is 0 Å². The molecule has 0 aliphatic heterocycles. The molecule has 0 aromatic carbocycles. The largest absolute Gasteiger partial charge is 0.366 e. The fraction of sp³-hybridized carbons (Fsp3) is 0.688. The van der Waals surface area contributed by atoms with E-state index >= 15 is 0 Å². The third-order valence-corrected chi connectivity index (χ3v) is 5.24. The fourth-order valence-electron chi connectivity index (χ4n) is 2.97. The zero-order valence-corrected chi connectivity index (χ0v) is 13.8. The minimum absolute atomic E-state index is 0.341. The molecule has 21 heavy (non-hydrogen) atoms. The molecule has 1 aliphatic rings. The highest BCUT2D eigenvalue weighted by molar-refractivity contribution is 7.10. The van der Waals surface area contributed by atoms with Crippen molar-refractivity contribution in [2.75, 3.05) is 20.1 Å². The fourth-order valence-corrected chi connectivity index (χ4v) is 3.81. The number of carbonyl (C=O) groups excluding carboxylic acids is 1. The second-order valence-electron chi connectivity index (χ2n) is 5.97.